The molecule has 0 aliphatic carbocycles. The van der Waals surface area contributed by atoms with E-state index < -0.39 is 30.2 Å². The van der Waals surface area contributed by atoms with Gasteiger partial charge in [0.1, 0.15) is 17.8 Å². The summed E-state index contributed by atoms with van der Waals surface area (Å²) >= 11 is 0. The van der Waals surface area contributed by atoms with Crippen molar-refractivity contribution in [3.8, 4) is 0 Å². The summed E-state index contributed by atoms with van der Waals surface area (Å²) in [6, 6.07) is 0. The topological polar surface area (TPSA) is 79.2 Å². The Morgan fingerprint density at radius 1 is 1.38 bits per heavy atom. The van der Waals surface area contributed by atoms with Crippen molar-refractivity contribution in [1.29, 1.82) is 0 Å². The molecule has 5 nitrogen and oxygen atoms in total. The number of rotatable bonds is 1. The van der Waals surface area contributed by atoms with Gasteiger partial charge in [0.05, 0.1) is 6.10 Å². The van der Waals surface area contributed by atoms with Gasteiger partial charge in [-0.25, -0.2) is 0 Å². The number of ether oxygens (including phenoxy) is 2. The molecule has 78 valence electrons. The number of hydrogen-bond acceptors (Lipinski definition) is 5. The summed E-state index contributed by atoms with van der Waals surface area (Å²) < 4.78 is 10.0. The molecular weight excluding hydrogens is 176 g/mol. The van der Waals surface area contributed by atoms with E-state index in [2.05, 4.69) is 0 Å². The summed E-state index contributed by atoms with van der Waals surface area (Å²) in [5, 5.41) is 28.7. The van der Waals surface area contributed by atoms with Crippen molar-refractivity contribution in [3.63, 3.8) is 0 Å². The molecule has 5 unspecified atom stereocenters. The molecule has 3 N–H and O–H groups in total. The molecule has 1 aliphatic rings. The van der Waals surface area contributed by atoms with E-state index in [1.165, 1.54) is 14.0 Å². The Hall–Kier alpha value is -0.200. The Bertz CT molecular complexity index is 177. The van der Waals surface area contributed by atoms with Crippen LogP contribution in [0.1, 0.15) is 13.8 Å². The van der Waals surface area contributed by atoms with E-state index >= 15 is 0 Å². The summed E-state index contributed by atoms with van der Waals surface area (Å²) in [6.07, 6.45) is -3.83. The van der Waals surface area contributed by atoms with Gasteiger partial charge in [0.2, 0.25) is 0 Å². The number of hydrogen-bond donors (Lipinski definition) is 3. The SMILES string of the molecule is COC1OC(C)C(O)C(O)C1(C)O. The molecular formula is C8H16O5. The van der Waals surface area contributed by atoms with Gasteiger partial charge >= 0.3 is 0 Å². The average molecular weight is 192 g/mol. The highest BCUT2D eigenvalue weighted by Gasteiger charge is 2.50. The molecule has 1 saturated heterocycles. The van der Waals surface area contributed by atoms with Crippen LogP contribution in [0.4, 0.5) is 0 Å². The number of methoxy groups -OCH3 is 1. The molecule has 5 heteroatoms. The first-order valence-electron chi connectivity index (χ1n) is 4.18. The van der Waals surface area contributed by atoms with Gasteiger partial charge in [-0.15, -0.1) is 0 Å². The molecule has 1 fully saturated rings. The van der Waals surface area contributed by atoms with Crippen LogP contribution >= 0.6 is 0 Å². The lowest BCUT2D eigenvalue weighted by molar-refractivity contribution is -0.323. The maximum atomic E-state index is 9.73. The molecule has 0 bridgehead atoms. The van der Waals surface area contributed by atoms with Crippen LogP contribution in [-0.2, 0) is 9.47 Å². The third-order valence-corrected chi connectivity index (χ3v) is 2.43. The van der Waals surface area contributed by atoms with Gasteiger partial charge in [-0.1, -0.05) is 0 Å². The molecule has 5 atom stereocenters. The zero-order chi connectivity index (χ0) is 10.2. The molecule has 1 heterocycles. The zero-order valence-corrected chi connectivity index (χ0v) is 7.97. The average Bonchev–Trinajstić information content (AvgIpc) is 2.08. The van der Waals surface area contributed by atoms with Gasteiger partial charge < -0.3 is 24.8 Å². The second kappa shape index (κ2) is 3.51. The second-order valence-electron chi connectivity index (χ2n) is 3.57. The lowest BCUT2D eigenvalue weighted by Gasteiger charge is -2.44. The summed E-state index contributed by atoms with van der Waals surface area (Å²) in [5.41, 5.74) is -1.58. The Kier molecular flexibility index (Phi) is 2.94. The molecule has 1 rings (SSSR count). The highest BCUT2D eigenvalue weighted by Crippen LogP contribution is 2.29. The molecule has 0 amide bonds. The van der Waals surface area contributed by atoms with Gasteiger partial charge in [0.25, 0.3) is 0 Å². The lowest BCUT2D eigenvalue weighted by atomic mass is 9.89. The van der Waals surface area contributed by atoms with Crippen molar-refractivity contribution in [2.75, 3.05) is 7.11 Å². The van der Waals surface area contributed by atoms with E-state index in [9.17, 15) is 15.3 Å². The van der Waals surface area contributed by atoms with E-state index in [1.54, 1.807) is 6.92 Å². The molecule has 0 aromatic heterocycles. The van der Waals surface area contributed by atoms with Crippen LogP contribution in [0.3, 0.4) is 0 Å². The van der Waals surface area contributed by atoms with Crippen molar-refractivity contribution in [3.05, 3.63) is 0 Å². The van der Waals surface area contributed by atoms with Gasteiger partial charge in [0, 0.05) is 7.11 Å². The minimum absolute atomic E-state index is 0.555. The Labute approximate surface area is 76.9 Å². The van der Waals surface area contributed by atoms with Crippen LogP contribution < -0.4 is 0 Å². The standard InChI is InChI=1S/C8H16O5/c1-4-5(9)6(10)8(2,11)7(12-3)13-4/h4-7,9-11H,1-3H3. The van der Waals surface area contributed by atoms with Crippen molar-refractivity contribution in [1.82, 2.24) is 0 Å². The highest BCUT2D eigenvalue weighted by atomic mass is 16.7. The van der Waals surface area contributed by atoms with Crippen LogP contribution in [0.25, 0.3) is 0 Å². The fourth-order valence-electron chi connectivity index (χ4n) is 1.45. The van der Waals surface area contributed by atoms with Gasteiger partial charge in [-0.2, -0.15) is 0 Å². The summed E-state index contributed by atoms with van der Waals surface area (Å²) in [6.45, 7) is 2.97. The van der Waals surface area contributed by atoms with E-state index in [0.29, 0.717) is 0 Å². The predicted octanol–water partition coefficient (Wildman–Crippen LogP) is -1.15. The van der Waals surface area contributed by atoms with Gasteiger partial charge in [-0.3, -0.25) is 0 Å². The molecule has 1 aliphatic heterocycles. The summed E-state index contributed by atoms with van der Waals surface area (Å²) in [7, 11) is 1.37. The van der Waals surface area contributed by atoms with E-state index in [0.717, 1.165) is 0 Å². The highest BCUT2D eigenvalue weighted by molar-refractivity contribution is 4.96. The quantitative estimate of drug-likeness (QED) is 0.489. The fourth-order valence-corrected chi connectivity index (χ4v) is 1.45. The van der Waals surface area contributed by atoms with Crippen LogP contribution in [0, 0.1) is 0 Å². The predicted molar refractivity (Wildman–Crippen MR) is 44.0 cm³/mol. The summed E-state index contributed by atoms with van der Waals surface area (Å²) in [4.78, 5) is 0. The van der Waals surface area contributed by atoms with Crippen molar-refractivity contribution in [2.45, 2.75) is 44.1 Å². The van der Waals surface area contributed by atoms with E-state index in [-0.39, 0.29) is 0 Å². The molecule has 0 saturated carbocycles. The number of aliphatic hydroxyl groups excluding tert-OH is 2. The maximum absolute atomic E-state index is 9.73. The molecule has 0 spiro atoms. The van der Waals surface area contributed by atoms with E-state index in [1.807, 2.05) is 0 Å². The first-order chi connectivity index (χ1) is 5.91. The van der Waals surface area contributed by atoms with Crippen LogP contribution in [0.2, 0.25) is 0 Å². The molecule has 0 radical (unpaired) electrons. The first-order valence-corrected chi connectivity index (χ1v) is 4.18. The minimum atomic E-state index is -1.58. The van der Waals surface area contributed by atoms with Crippen molar-refractivity contribution < 1.29 is 24.8 Å². The molecule has 13 heavy (non-hydrogen) atoms. The Morgan fingerprint density at radius 2 is 1.92 bits per heavy atom. The smallest absolute Gasteiger partial charge is 0.188 e. The van der Waals surface area contributed by atoms with E-state index in [4.69, 9.17) is 9.47 Å². The third-order valence-electron chi connectivity index (χ3n) is 2.43. The van der Waals surface area contributed by atoms with Crippen LogP contribution in [0.15, 0.2) is 0 Å². The zero-order valence-electron chi connectivity index (χ0n) is 7.97. The lowest BCUT2D eigenvalue weighted by Crippen LogP contribution is -2.64. The number of aliphatic hydroxyl groups is 3. The second-order valence-corrected chi connectivity index (χ2v) is 3.57. The Morgan fingerprint density at radius 3 is 2.38 bits per heavy atom. The fraction of sp³-hybridized carbons (Fsp3) is 1.00. The maximum Gasteiger partial charge on any atom is 0.188 e. The van der Waals surface area contributed by atoms with Crippen LogP contribution in [0.5, 0.6) is 0 Å². The Balaban J connectivity index is 2.82. The van der Waals surface area contributed by atoms with Gasteiger partial charge in [0.15, 0.2) is 6.29 Å². The first kappa shape index (κ1) is 10.9. The summed E-state index contributed by atoms with van der Waals surface area (Å²) in [5.74, 6) is 0. The minimum Gasteiger partial charge on any atom is -0.388 e. The van der Waals surface area contributed by atoms with Crippen molar-refractivity contribution in [2.24, 2.45) is 0 Å². The largest absolute Gasteiger partial charge is 0.388 e. The van der Waals surface area contributed by atoms with Crippen molar-refractivity contribution >= 4 is 0 Å². The normalized spacial score (nSPS) is 52.2. The van der Waals surface area contributed by atoms with Crippen LogP contribution in [-0.4, -0.2) is 52.6 Å². The molecule has 0 aromatic rings. The third kappa shape index (κ3) is 1.70. The van der Waals surface area contributed by atoms with Gasteiger partial charge in [-0.05, 0) is 13.8 Å². The molecule has 0 aromatic carbocycles. The monoisotopic (exact) mass is 192 g/mol.